The van der Waals surface area contributed by atoms with Crippen molar-refractivity contribution in [2.45, 2.75) is 90.6 Å². The maximum atomic E-state index is 15.9. The van der Waals surface area contributed by atoms with Crippen LogP contribution in [-0.4, -0.2) is 67.0 Å². The van der Waals surface area contributed by atoms with E-state index in [-0.39, 0.29) is 23.2 Å². The smallest absolute Gasteiger partial charge is 0.250 e. The molecule has 1 aliphatic heterocycles. The molecule has 1 fully saturated rings. The summed E-state index contributed by atoms with van der Waals surface area (Å²) in [5, 5.41) is 10.1. The third-order valence-corrected chi connectivity index (χ3v) is 13.2. The average molecular weight is 653 g/mol. The van der Waals surface area contributed by atoms with Crippen LogP contribution in [0.1, 0.15) is 58.7 Å². The first kappa shape index (κ1) is 34.2. The minimum absolute atomic E-state index is 0.00453. The van der Waals surface area contributed by atoms with Crippen molar-refractivity contribution in [1.29, 1.82) is 0 Å². The molecule has 0 amide bonds. The van der Waals surface area contributed by atoms with E-state index in [0.717, 1.165) is 30.4 Å². The summed E-state index contributed by atoms with van der Waals surface area (Å²) in [6.07, 6.45) is 6.19. The number of nitrogens with zero attached hydrogens (tertiary/aromatic N) is 4. The molecule has 5 rings (SSSR count). The quantitative estimate of drug-likeness (QED) is 0.0959. The first-order valence-electron chi connectivity index (χ1n) is 16.4. The van der Waals surface area contributed by atoms with Gasteiger partial charge in [0.2, 0.25) is 8.32 Å². The highest BCUT2D eigenvalue weighted by Crippen LogP contribution is 2.40. The van der Waals surface area contributed by atoms with Crippen molar-refractivity contribution < 1.29 is 27.8 Å². The minimum Gasteiger partial charge on any atom is -0.543 e. The van der Waals surface area contributed by atoms with Crippen molar-refractivity contribution in [3.8, 4) is 17.0 Å². The number of hydrogen-bond donors (Lipinski definition) is 0. The molecule has 11 heteroatoms. The molecule has 2 atom stereocenters. The molecule has 9 nitrogen and oxygen atoms in total. The summed E-state index contributed by atoms with van der Waals surface area (Å²) in [6, 6.07) is 13.5. The van der Waals surface area contributed by atoms with E-state index in [1.165, 1.54) is 6.07 Å². The van der Waals surface area contributed by atoms with Crippen molar-refractivity contribution in [2.24, 2.45) is 0 Å². The lowest BCUT2D eigenvalue weighted by atomic mass is 10.1. The van der Waals surface area contributed by atoms with Gasteiger partial charge in [-0.3, -0.25) is 4.68 Å². The van der Waals surface area contributed by atoms with Crippen LogP contribution >= 0.6 is 0 Å². The molecule has 1 saturated heterocycles. The second kappa shape index (κ2) is 15.2. The van der Waals surface area contributed by atoms with Gasteiger partial charge in [0.15, 0.2) is 12.0 Å². The highest BCUT2D eigenvalue weighted by Gasteiger charge is 2.39. The van der Waals surface area contributed by atoms with Crippen LogP contribution < -0.4 is 4.43 Å². The lowest BCUT2D eigenvalue weighted by molar-refractivity contribution is -0.0368. The van der Waals surface area contributed by atoms with Crippen molar-refractivity contribution >= 4 is 19.2 Å². The Morgan fingerprint density at radius 2 is 1.85 bits per heavy atom. The van der Waals surface area contributed by atoms with Gasteiger partial charge in [0.25, 0.3) is 0 Å². The normalized spacial score (nSPS) is 16.6. The first-order valence-corrected chi connectivity index (χ1v) is 19.3. The third-order valence-electron chi connectivity index (χ3n) is 8.81. The first-order chi connectivity index (χ1) is 22.0. The summed E-state index contributed by atoms with van der Waals surface area (Å²) >= 11 is 0. The number of aromatic nitrogens is 4. The molecule has 0 spiro atoms. The largest absolute Gasteiger partial charge is 0.543 e. The van der Waals surface area contributed by atoms with Gasteiger partial charge in [-0.1, -0.05) is 51.1 Å². The summed E-state index contributed by atoms with van der Waals surface area (Å²) in [4.78, 5) is 0. The summed E-state index contributed by atoms with van der Waals surface area (Å²) in [5.41, 5.74) is 3.04. The second-order valence-electron chi connectivity index (χ2n) is 13.6. The Morgan fingerprint density at radius 1 is 1.07 bits per heavy atom. The molecule has 0 bridgehead atoms. The maximum Gasteiger partial charge on any atom is 0.250 e. The van der Waals surface area contributed by atoms with E-state index < -0.39 is 8.32 Å². The molecule has 0 N–H and O–H groups in total. The van der Waals surface area contributed by atoms with Gasteiger partial charge in [0, 0.05) is 29.8 Å². The molecule has 0 saturated carbocycles. The van der Waals surface area contributed by atoms with Crippen LogP contribution in [0.2, 0.25) is 18.1 Å². The van der Waals surface area contributed by atoms with E-state index in [4.69, 9.17) is 28.5 Å². The van der Waals surface area contributed by atoms with E-state index in [1.807, 2.05) is 54.2 Å². The molecule has 2 aromatic heterocycles. The summed E-state index contributed by atoms with van der Waals surface area (Å²) in [5.74, 6) is 0.168. The minimum atomic E-state index is -2.19. The molecule has 0 aliphatic carbocycles. The average Bonchev–Trinajstić information content (AvgIpc) is 3.65. The van der Waals surface area contributed by atoms with Gasteiger partial charge in [-0.2, -0.15) is 10.2 Å². The Labute approximate surface area is 273 Å². The number of benzene rings is 2. The topological polar surface area (TPSA) is 81.8 Å². The van der Waals surface area contributed by atoms with Gasteiger partial charge in [-0.25, -0.2) is 9.07 Å². The van der Waals surface area contributed by atoms with Gasteiger partial charge in [-0.15, -0.1) is 0 Å². The lowest BCUT2D eigenvalue weighted by Crippen LogP contribution is -2.43. The Balaban J connectivity index is 1.20. The molecule has 1 aliphatic rings. The van der Waals surface area contributed by atoms with Crippen LogP contribution in [0, 0.1) is 5.82 Å². The van der Waals surface area contributed by atoms with E-state index in [0.29, 0.717) is 68.5 Å². The van der Waals surface area contributed by atoms with E-state index >= 15 is 4.39 Å². The zero-order valence-corrected chi connectivity index (χ0v) is 29.1. The lowest BCUT2D eigenvalue weighted by Gasteiger charge is -2.36. The van der Waals surface area contributed by atoms with Crippen molar-refractivity contribution in [3.05, 3.63) is 66.2 Å². The predicted octanol–water partition coefficient (Wildman–Crippen LogP) is 7.76. The van der Waals surface area contributed by atoms with Crippen molar-refractivity contribution in [1.82, 2.24) is 19.6 Å². The summed E-state index contributed by atoms with van der Waals surface area (Å²) < 4.78 is 49.3. The Bertz CT molecular complexity index is 1550. The molecular formula is C35H49FN4O5Si. The van der Waals surface area contributed by atoms with E-state index in [9.17, 15) is 0 Å². The predicted molar refractivity (Wildman–Crippen MR) is 180 cm³/mol. The number of hydrogen-bond acceptors (Lipinski definition) is 7. The van der Waals surface area contributed by atoms with Gasteiger partial charge in [0.1, 0.15) is 17.0 Å². The van der Waals surface area contributed by atoms with Crippen LogP contribution in [0.3, 0.4) is 0 Å². The van der Waals surface area contributed by atoms with Crippen LogP contribution in [0.25, 0.3) is 22.2 Å². The molecule has 2 aromatic carbocycles. The molecule has 0 radical (unpaired) electrons. The molecule has 4 aromatic rings. The van der Waals surface area contributed by atoms with Crippen LogP contribution in [0.15, 0.2) is 54.9 Å². The monoisotopic (exact) mass is 652 g/mol. The molecule has 250 valence electrons. The van der Waals surface area contributed by atoms with Crippen molar-refractivity contribution in [2.75, 3.05) is 33.0 Å². The van der Waals surface area contributed by atoms with Gasteiger partial charge >= 0.3 is 0 Å². The highest BCUT2D eigenvalue weighted by atomic mass is 28.4. The fourth-order valence-corrected chi connectivity index (χ4v) is 6.15. The highest BCUT2D eigenvalue weighted by molar-refractivity contribution is 6.74. The maximum absolute atomic E-state index is 15.9. The molecule has 3 heterocycles. The molecule has 1 unspecified atom stereocenters. The Kier molecular flexibility index (Phi) is 11.3. The van der Waals surface area contributed by atoms with Gasteiger partial charge in [-0.05, 0) is 55.9 Å². The SMILES string of the molecule is C[C@@H](COCCOCCn1cc(-c2nn(C3CCCCO3)c3c(F)cc(O[Si](C)(C)C(C)(C)C)cc23)cn1)OCc1ccccc1. The van der Waals surface area contributed by atoms with Crippen LogP contribution in [-0.2, 0) is 32.1 Å². The summed E-state index contributed by atoms with van der Waals surface area (Å²) in [6.45, 7) is 16.6. The second-order valence-corrected chi connectivity index (χ2v) is 18.3. The zero-order valence-electron chi connectivity index (χ0n) is 28.1. The fourth-order valence-electron chi connectivity index (χ4n) is 5.14. The number of halogens is 1. The molecular weight excluding hydrogens is 603 g/mol. The standard InChI is InChI=1S/C35H49FN4O5Si/c1-26(44-25-27-12-8-7-9-13-27)24-42-19-18-41-17-15-39-23-28(22-37-39)33-30-20-29(45-46(5,6)35(2,3)4)21-31(36)34(30)40(38-33)32-14-10-11-16-43-32/h7-9,12-13,20-23,26,32H,10-11,14-19,24-25H2,1-6H3/t26-,32?/m0/s1. The van der Waals surface area contributed by atoms with Crippen molar-refractivity contribution in [3.63, 3.8) is 0 Å². The number of fused-ring (bicyclic) bond motifs is 1. The van der Waals surface area contributed by atoms with E-state index in [1.54, 1.807) is 10.9 Å². The Morgan fingerprint density at radius 3 is 2.59 bits per heavy atom. The molecule has 46 heavy (non-hydrogen) atoms. The third kappa shape index (κ3) is 8.63. The fraction of sp³-hybridized carbons (Fsp3) is 0.543. The number of ether oxygens (including phenoxy) is 4. The van der Waals surface area contributed by atoms with Crippen LogP contribution in [0.5, 0.6) is 5.75 Å². The van der Waals surface area contributed by atoms with Gasteiger partial charge in [0.05, 0.1) is 51.9 Å². The zero-order chi connectivity index (χ0) is 32.7. The summed E-state index contributed by atoms with van der Waals surface area (Å²) in [7, 11) is -2.19. The van der Waals surface area contributed by atoms with Crippen LogP contribution in [0.4, 0.5) is 4.39 Å². The van der Waals surface area contributed by atoms with E-state index in [2.05, 4.69) is 39.0 Å². The Hall–Kier alpha value is -3.09. The number of rotatable bonds is 15. The van der Waals surface area contributed by atoms with Gasteiger partial charge < -0.3 is 23.4 Å².